The van der Waals surface area contributed by atoms with Crippen LogP contribution in [0.15, 0.2) is 24.3 Å². The molecule has 2 atom stereocenters. The molecule has 6 heteroatoms. The van der Waals surface area contributed by atoms with Gasteiger partial charge < -0.3 is 10.4 Å². The van der Waals surface area contributed by atoms with Crippen LogP contribution in [-0.2, 0) is 5.41 Å². The summed E-state index contributed by atoms with van der Waals surface area (Å²) in [6, 6.07) is 5.62. The topological polar surface area (TPSA) is 58.0 Å². The molecule has 0 amide bonds. The van der Waals surface area contributed by atoms with Gasteiger partial charge in [0.2, 0.25) is 0 Å². The predicted octanol–water partition coefficient (Wildman–Crippen LogP) is 3.55. The number of hydrogen-bond acceptors (Lipinski definition) is 4. The number of halogens is 2. The van der Waals surface area contributed by atoms with Gasteiger partial charge in [0.25, 0.3) is 0 Å². The van der Waals surface area contributed by atoms with Gasteiger partial charge in [-0.2, -0.15) is 10.2 Å². The maximum absolute atomic E-state index is 14.2. The number of hydrogen-bond donors (Lipinski definition) is 2. The number of aliphatic hydroxyl groups is 1. The predicted molar refractivity (Wildman–Crippen MR) is 97.0 cm³/mol. The van der Waals surface area contributed by atoms with E-state index < -0.39 is 11.6 Å². The molecule has 26 heavy (non-hydrogen) atoms. The van der Waals surface area contributed by atoms with Crippen LogP contribution in [-0.4, -0.2) is 35.0 Å². The van der Waals surface area contributed by atoms with Crippen molar-refractivity contribution >= 4 is 0 Å². The molecule has 140 valence electrons. The zero-order chi connectivity index (χ0) is 18.7. The summed E-state index contributed by atoms with van der Waals surface area (Å²) in [6.07, 6.45) is 2.89. The van der Waals surface area contributed by atoms with E-state index in [1.54, 1.807) is 6.07 Å². The molecule has 1 aromatic carbocycles. The summed E-state index contributed by atoms with van der Waals surface area (Å²) in [7, 11) is 0. The molecule has 0 unspecified atom stereocenters. The van der Waals surface area contributed by atoms with Crippen LogP contribution in [0.1, 0.15) is 50.3 Å². The Morgan fingerprint density at radius 2 is 2.00 bits per heavy atom. The molecular weight excluding hydrogens is 336 g/mol. The van der Waals surface area contributed by atoms with Gasteiger partial charge in [0.15, 0.2) is 0 Å². The Morgan fingerprint density at radius 3 is 2.65 bits per heavy atom. The molecule has 1 aliphatic rings. The molecule has 3 rings (SSSR count). The average molecular weight is 361 g/mol. The second kappa shape index (κ2) is 7.76. The molecule has 0 spiro atoms. The highest BCUT2D eigenvalue weighted by Gasteiger charge is 2.37. The van der Waals surface area contributed by atoms with E-state index in [0.29, 0.717) is 19.0 Å². The normalized spacial score (nSPS) is 22.3. The minimum atomic E-state index is -0.629. The van der Waals surface area contributed by atoms with E-state index in [0.717, 1.165) is 30.5 Å². The van der Waals surface area contributed by atoms with Gasteiger partial charge in [-0.3, -0.25) is 0 Å². The summed E-state index contributed by atoms with van der Waals surface area (Å²) in [6.45, 7) is 5.52. The van der Waals surface area contributed by atoms with Gasteiger partial charge >= 0.3 is 0 Å². The van der Waals surface area contributed by atoms with E-state index in [2.05, 4.69) is 29.4 Å². The van der Waals surface area contributed by atoms with Gasteiger partial charge in [-0.25, -0.2) is 8.78 Å². The third kappa shape index (κ3) is 3.48. The van der Waals surface area contributed by atoms with Gasteiger partial charge in [0.1, 0.15) is 11.6 Å². The number of rotatable bonds is 6. The first kappa shape index (κ1) is 18.9. The fourth-order valence-electron chi connectivity index (χ4n) is 3.86. The molecule has 0 bridgehead atoms. The van der Waals surface area contributed by atoms with Crippen LogP contribution in [0, 0.1) is 11.6 Å². The zero-order valence-corrected chi connectivity index (χ0v) is 15.2. The van der Waals surface area contributed by atoms with Gasteiger partial charge in [0, 0.05) is 18.5 Å². The van der Waals surface area contributed by atoms with Crippen molar-refractivity contribution in [2.24, 2.45) is 0 Å². The lowest BCUT2D eigenvalue weighted by Gasteiger charge is -2.38. The van der Waals surface area contributed by atoms with E-state index in [9.17, 15) is 8.78 Å². The summed E-state index contributed by atoms with van der Waals surface area (Å²) in [5.74, 6) is -0.953. The molecule has 0 aliphatic heterocycles. The van der Waals surface area contributed by atoms with Crippen molar-refractivity contribution < 1.29 is 13.9 Å². The summed E-state index contributed by atoms with van der Waals surface area (Å²) in [5, 5.41) is 20.8. The monoisotopic (exact) mass is 361 g/mol. The Balaban J connectivity index is 2.05. The van der Waals surface area contributed by atoms with Crippen molar-refractivity contribution in [1.29, 1.82) is 0 Å². The van der Waals surface area contributed by atoms with E-state index in [4.69, 9.17) is 5.11 Å². The van der Waals surface area contributed by atoms with Gasteiger partial charge in [-0.1, -0.05) is 19.9 Å². The summed E-state index contributed by atoms with van der Waals surface area (Å²) in [5.41, 5.74) is 1.82. The lowest BCUT2D eigenvalue weighted by Crippen LogP contribution is -2.41. The standard InChI is InChI=1S/C20H25F2N3O/c1-3-13-7-8-20(2,12-23-9-10-26)19-14(13)11-17(24-25-19)18-15(21)5-4-6-16(18)22/h4-6,11,13,23,26H,3,7-10,12H2,1-2H3/t13-,20+/m0/s1. The number of aromatic nitrogens is 2. The fourth-order valence-corrected chi connectivity index (χ4v) is 3.86. The second-order valence-electron chi connectivity index (χ2n) is 7.24. The molecule has 2 N–H and O–H groups in total. The van der Waals surface area contributed by atoms with Crippen LogP contribution in [0.3, 0.4) is 0 Å². The number of fused-ring (bicyclic) bond motifs is 1. The Bertz CT molecular complexity index is 763. The number of benzene rings is 1. The maximum atomic E-state index is 14.2. The Kier molecular flexibility index (Phi) is 5.63. The van der Waals surface area contributed by atoms with E-state index in [1.807, 2.05) is 0 Å². The summed E-state index contributed by atoms with van der Waals surface area (Å²) in [4.78, 5) is 0. The Hall–Kier alpha value is -1.92. The van der Waals surface area contributed by atoms with Crippen molar-refractivity contribution in [2.75, 3.05) is 19.7 Å². The quantitative estimate of drug-likeness (QED) is 0.773. The summed E-state index contributed by atoms with van der Waals surface area (Å²) < 4.78 is 28.3. The minimum absolute atomic E-state index is 0.0811. The minimum Gasteiger partial charge on any atom is -0.395 e. The fraction of sp³-hybridized carbons (Fsp3) is 0.500. The van der Waals surface area contributed by atoms with Gasteiger partial charge in [0.05, 0.1) is 23.6 Å². The van der Waals surface area contributed by atoms with Crippen molar-refractivity contribution in [3.05, 3.63) is 47.2 Å². The third-order valence-corrected chi connectivity index (χ3v) is 5.39. The molecular formula is C20H25F2N3O. The number of aliphatic hydroxyl groups excluding tert-OH is 1. The first-order chi connectivity index (χ1) is 12.5. The number of nitrogens with one attached hydrogen (secondary N) is 1. The van der Waals surface area contributed by atoms with Crippen LogP contribution in [0.2, 0.25) is 0 Å². The largest absolute Gasteiger partial charge is 0.395 e. The number of nitrogens with zero attached hydrogens (tertiary/aromatic N) is 2. The highest BCUT2D eigenvalue weighted by Crippen LogP contribution is 2.43. The highest BCUT2D eigenvalue weighted by molar-refractivity contribution is 5.62. The molecule has 0 fully saturated rings. The van der Waals surface area contributed by atoms with Crippen LogP contribution < -0.4 is 5.32 Å². The average Bonchev–Trinajstić information content (AvgIpc) is 2.62. The zero-order valence-electron chi connectivity index (χ0n) is 15.2. The first-order valence-corrected chi connectivity index (χ1v) is 9.14. The van der Waals surface area contributed by atoms with Crippen LogP contribution in [0.5, 0.6) is 0 Å². The van der Waals surface area contributed by atoms with Crippen molar-refractivity contribution in [3.8, 4) is 11.3 Å². The van der Waals surface area contributed by atoms with Gasteiger partial charge in [-0.15, -0.1) is 0 Å². The molecule has 0 radical (unpaired) electrons. The van der Waals surface area contributed by atoms with E-state index >= 15 is 0 Å². The third-order valence-electron chi connectivity index (χ3n) is 5.39. The van der Waals surface area contributed by atoms with E-state index in [1.165, 1.54) is 18.2 Å². The first-order valence-electron chi connectivity index (χ1n) is 9.14. The van der Waals surface area contributed by atoms with Crippen LogP contribution in [0.4, 0.5) is 8.78 Å². The van der Waals surface area contributed by atoms with E-state index in [-0.39, 0.29) is 23.3 Å². The smallest absolute Gasteiger partial charge is 0.135 e. The molecule has 2 aromatic rings. The van der Waals surface area contributed by atoms with Crippen LogP contribution >= 0.6 is 0 Å². The second-order valence-corrected chi connectivity index (χ2v) is 7.24. The molecule has 1 aromatic heterocycles. The molecule has 0 saturated heterocycles. The molecule has 0 saturated carbocycles. The van der Waals surface area contributed by atoms with Crippen molar-refractivity contribution in [1.82, 2.24) is 15.5 Å². The van der Waals surface area contributed by atoms with Crippen molar-refractivity contribution in [3.63, 3.8) is 0 Å². The molecule has 1 aliphatic carbocycles. The highest BCUT2D eigenvalue weighted by atomic mass is 19.1. The SMILES string of the molecule is CC[C@H]1CC[C@](C)(CNCCO)c2nnc(-c3c(F)cccc3F)cc21. The maximum Gasteiger partial charge on any atom is 0.135 e. The Morgan fingerprint density at radius 1 is 1.27 bits per heavy atom. The Labute approximate surface area is 152 Å². The lowest BCUT2D eigenvalue weighted by molar-refractivity contribution is 0.274. The molecule has 1 heterocycles. The summed E-state index contributed by atoms with van der Waals surface area (Å²) >= 11 is 0. The lowest BCUT2D eigenvalue weighted by atomic mass is 9.69. The van der Waals surface area contributed by atoms with Gasteiger partial charge in [-0.05, 0) is 48.9 Å². The molecule has 4 nitrogen and oxygen atoms in total. The van der Waals surface area contributed by atoms with Crippen LogP contribution in [0.25, 0.3) is 11.3 Å². The van der Waals surface area contributed by atoms with Crippen molar-refractivity contribution in [2.45, 2.75) is 44.4 Å².